The van der Waals surface area contributed by atoms with Gasteiger partial charge in [-0.3, -0.25) is 9.11 Å². The van der Waals surface area contributed by atoms with E-state index in [1.807, 2.05) is 0 Å². The van der Waals surface area contributed by atoms with E-state index < -0.39 is 26.0 Å². The normalized spacial score (nSPS) is 12.5. The van der Waals surface area contributed by atoms with Crippen molar-refractivity contribution in [3.63, 3.8) is 0 Å². The molecular formula is C19H19N3O7S2. The third-order valence-electron chi connectivity index (χ3n) is 4.14. The molecule has 0 aromatic heterocycles. The molecule has 12 heteroatoms. The van der Waals surface area contributed by atoms with Crippen molar-refractivity contribution in [1.82, 2.24) is 0 Å². The number of azo groups is 1. The van der Waals surface area contributed by atoms with Crippen LogP contribution in [0.15, 0.2) is 69.7 Å². The zero-order chi connectivity index (χ0) is 22.6. The number of rotatable bonds is 8. The molecule has 0 aliphatic heterocycles. The van der Waals surface area contributed by atoms with Crippen LogP contribution in [0.4, 0.5) is 17.1 Å². The number of hydrogen-bond donors (Lipinski definition) is 3. The summed E-state index contributed by atoms with van der Waals surface area (Å²) in [5.41, 5.74) is 7.12. The molecule has 0 unspecified atom stereocenters. The summed E-state index contributed by atoms with van der Waals surface area (Å²) < 4.78 is 69.1. The Morgan fingerprint density at radius 1 is 0.871 bits per heavy atom. The van der Waals surface area contributed by atoms with Gasteiger partial charge in [-0.05, 0) is 54.3 Å². The zero-order valence-corrected chi connectivity index (χ0v) is 17.7. The van der Waals surface area contributed by atoms with Crippen LogP contribution in [-0.4, -0.2) is 38.3 Å². The maximum absolute atomic E-state index is 11.9. The summed E-state index contributed by atoms with van der Waals surface area (Å²) in [4.78, 5) is -0.390. The average Bonchev–Trinajstić information content (AvgIpc) is 2.69. The third-order valence-corrected chi connectivity index (χ3v) is 5.84. The van der Waals surface area contributed by atoms with Crippen LogP contribution in [0.1, 0.15) is 6.42 Å². The second-order valence-corrected chi connectivity index (χ2v) is 9.54. The number of nitrogen functional groups attached to an aromatic ring is 1. The fourth-order valence-corrected chi connectivity index (χ4v) is 3.93. The molecule has 0 spiro atoms. The Labute approximate surface area is 178 Å². The third kappa shape index (κ3) is 6.46. The number of nitrogens with two attached hydrogens (primary N) is 1. The Morgan fingerprint density at radius 2 is 1.52 bits per heavy atom. The lowest BCUT2D eigenvalue weighted by molar-refractivity contribution is 0.315. The van der Waals surface area contributed by atoms with Crippen LogP contribution in [-0.2, 0) is 20.2 Å². The summed E-state index contributed by atoms with van der Waals surface area (Å²) in [5, 5.41) is 8.81. The van der Waals surface area contributed by atoms with E-state index in [-0.39, 0.29) is 29.1 Å². The monoisotopic (exact) mass is 465 g/mol. The molecule has 10 nitrogen and oxygen atoms in total. The predicted molar refractivity (Wildman–Crippen MR) is 115 cm³/mol. The Balaban J connectivity index is 1.90. The van der Waals surface area contributed by atoms with Gasteiger partial charge in [0.25, 0.3) is 20.2 Å². The minimum atomic E-state index is -4.60. The first kappa shape index (κ1) is 22.6. The fourth-order valence-electron chi connectivity index (χ4n) is 2.73. The highest BCUT2D eigenvalue weighted by Crippen LogP contribution is 2.32. The van der Waals surface area contributed by atoms with E-state index in [1.165, 1.54) is 6.07 Å². The molecule has 0 fully saturated rings. The largest absolute Gasteiger partial charge is 0.493 e. The molecule has 0 radical (unpaired) electrons. The van der Waals surface area contributed by atoms with E-state index in [0.717, 1.165) is 6.07 Å². The lowest BCUT2D eigenvalue weighted by Gasteiger charge is -2.10. The van der Waals surface area contributed by atoms with Crippen molar-refractivity contribution in [2.75, 3.05) is 18.1 Å². The van der Waals surface area contributed by atoms with Gasteiger partial charge in [-0.2, -0.15) is 27.1 Å². The highest BCUT2D eigenvalue weighted by Gasteiger charge is 2.17. The summed E-state index contributed by atoms with van der Waals surface area (Å²) in [5.74, 6) is -0.375. The summed E-state index contributed by atoms with van der Waals surface area (Å²) in [6, 6.07) is 14.0. The molecule has 164 valence electrons. The van der Waals surface area contributed by atoms with Crippen molar-refractivity contribution in [3.8, 4) is 5.75 Å². The zero-order valence-electron chi connectivity index (χ0n) is 16.0. The fraction of sp³-hybridized carbons (Fsp3) is 0.158. The van der Waals surface area contributed by atoms with Crippen LogP contribution < -0.4 is 10.5 Å². The molecule has 0 heterocycles. The molecule has 3 aromatic rings. The topological polar surface area (TPSA) is 169 Å². The minimum absolute atomic E-state index is 0.00252. The quantitative estimate of drug-likeness (QED) is 0.195. The minimum Gasteiger partial charge on any atom is -0.493 e. The molecule has 3 rings (SSSR count). The molecule has 0 aliphatic rings. The van der Waals surface area contributed by atoms with Crippen LogP contribution >= 0.6 is 0 Å². The van der Waals surface area contributed by atoms with E-state index in [9.17, 15) is 21.4 Å². The van der Waals surface area contributed by atoms with Gasteiger partial charge in [0.1, 0.15) is 10.6 Å². The number of anilines is 1. The van der Waals surface area contributed by atoms with Crippen LogP contribution in [0.2, 0.25) is 0 Å². The van der Waals surface area contributed by atoms with Gasteiger partial charge in [-0.1, -0.05) is 6.07 Å². The Bertz CT molecular complexity index is 1340. The first-order valence-corrected chi connectivity index (χ1v) is 12.0. The first-order valence-electron chi connectivity index (χ1n) is 8.92. The van der Waals surface area contributed by atoms with Gasteiger partial charge < -0.3 is 10.5 Å². The molecule has 0 amide bonds. The Hall–Kier alpha value is -3.06. The van der Waals surface area contributed by atoms with Crippen molar-refractivity contribution in [2.45, 2.75) is 11.3 Å². The molecule has 31 heavy (non-hydrogen) atoms. The van der Waals surface area contributed by atoms with E-state index in [4.69, 9.17) is 15.0 Å². The maximum Gasteiger partial charge on any atom is 0.295 e. The standard InChI is InChI=1S/C19H19N3O7S2/c20-14-3-6-15(7-4-14)21-22-16-5-2-13-10-17(29-8-1-9-30(23,24)25)12-19(18(13)11-16)31(26,27)28/h2-7,10-12H,1,8-9,20H2,(H,23,24,25)(H,26,27,28). The van der Waals surface area contributed by atoms with Crippen molar-refractivity contribution < 1.29 is 30.7 Å². The molecular weight excluding hydrogens is 446 g/mol. The molecule has 0 aliphatic carbocycles. The van der Waals surface area contributed by atoms with E-state index in [1.54, 1.807) is 42.5 Å². The maximum atomic E-state index is 11.9. The highest BCUT2D eigenvalue weighted by atomic mass is 32.2. The van der Waals surface area contributed by atoms with Crippen molar-refractivity contribution in [3.05, 3.63) is 54.6 Å². The number of ether oxygens (including phenoxy) is 1. The van der Waals surface area contributed by atoms with E-state index in [2.05, 4.69) is 10.2 Å². The molecule has 3 aromatic carbocycles. The van der Waals surface area contributed by atoms with Gasteiger partial charge in [0, 0.05) is 17.1 Å². The SMILES string of the molecule is Nc1ccc(N=Nc2ccc3cc(OCCCS(=O)(=O)O)cc(S(=O)(=O)O)c3c2)cc1. The predicted octanol–water partition coefficient (Wildman–Crippen LogP) is 3.74. The summed E-state index contributed by atoms with van der Waals surface area (Å²) >= 11 is 0. The number of benzene rings is 3. The van der Waals surface area contributed by atoms with Gasteiger partial charge in [-0.15, -0.1) is 0 Å². The second-order valence-electron chi connectivity index (χ2n) is 6.58. The van der Waals surface area contributed by atoms with Gasteiger partial charge in [0.15, 0.2) is 0 Å². The number of hydrogen-bond acceptors (Lipinski definition) is 8. The van der Waals surface area contributed by atoms with Crippen molar-refractivity contribution in [2.24, 2.45) is 10.2 Å². The van der Waals surface area contributed by atoms with Crippen LogP contribution in [0.5, 0.6) is 5.75 Å². The molecule has 0 bridgehead atoms. The van der Waals surface area contributed by atoms with Crippen LogP contribution in [0.25, 0.3) is 10.8 Å². The van der Waals surface area contributed by atoms with E-state index >= 15 is 0 Å². The number of fused-ring (bicyclic) bond motifs is 1. The van der Waals surface area contributed by atoms with Gasteiger partial charge >= 0.3 is 0 Å². The van der Waals surface area contributed by atoms with Crippen molar-refractivity contribution in [1.29, 1.82) is 0 Å². The molecule has 0 atom stereocenters. The molecule has 4 N–H and O–H groups in total. The second kappa shape index (κ2) is 8.98. The Morgan fingerprint density at radius 3 is 2.16 bits per heavy atom. The lowest BCUT2D eigenvalue weighted by atomic mass is 10.1. The van der Waals surface area contributed by atoms with Crippen LogP contribution in [0.3, 0.4) is 0 Å². The summed E-state index contributed by atoms with van der Waals surface area (Å²) in [6.07, 6.45) is 0.00252. The molecule has 0 saturated carbocycles. The smallest absolute Gasteiger partial charge is 0.295 e. The number of nitrogens with zero attached hydrogens (tertiary/aromatic N) is 2. The molecule has 0 saturated heterocycles. The van der Waals surface area contributed by atoms with E-state index in [0.29, 0.717) is 22.4 Å². The van der Waals surface area contributed by atoms with Crippen molar-refractivity contribution >= 4 is 48.1 Å². The average molecular weight is 466 g/mol. The summed E-state index contributed by atoms with van der Waals surface area (Å²) in [7, 11) is -8.72. The van der Waals surface area contributed by atoms with Crippen LogP contribution in [0, 0.1) is 0 Å². The highest BCUT2D eigenvalue weighted by molar-refractivity contribution is 7.86. The summed E-state index contributed by atoms with van der Waals surface area (Å²) in [6.45, 7) is -0.0793. The van der Waals surface area contributed by atoms with Gasteiger partial charge in [0.05, 0.1) is 23.7 Å². The van der Waals surface area contributed by atoms with Gasteiger partial charge in [0.2, 0.25) is 0 Å². The first-order chi connectivity index (χ1) is 14.5. The Kier molecular flexibility index (Phi) is 6.55. The lowest BCUT2D eigenvalue weighted by Crippen LogP contribution is -2.09. The van der Waals surface area contributed by atoms with Gasteiger partial charge in [-0.25, -0.2) is 0 Å².